The normalized spacial score (nSPS) is 10.3. The van der Waals surface area contributed by atoms with E-state index in [0.29, 0.717) is 24.0 Å². The number of para-hydroxylation sites is 1. The van der Waals surface area contributed by atoms with E-state index in [1.54, 1.807) is 24.4 Å². The molecular formula is C15H19FN4. The minimum Gasteiger partial charge on any atom is -0.354 e. The minimum absolute atomic E-state index is 0.254. The average Bonchev–Trinajstić information content (AvgIpc) is 2.48. The molecule has 0 spiro atoms. The molecule has 5 heteroatoms. The van der Waals surface area contributed by atoms with Crippen molar-refractivity contribution in [2.75, 3.05) is 23.3 Å². The summed E-state index contributed by atoms with van der Waals surface area (Å²) < 4.78 is 13.9. The van der Waals surface area contributed by atoms with Gasteiger partial charge in [-0.05, 0) is 31.5 Å². The van der Waals surface area contributed by atoms with Crippen molar-refractivity contribution in [3.63, 3.8) is 0 Å². The van der Waals surface area contributed by atoms with Crippen molar-refractivity contribution < 1.29 is 4.39 Å². The van der Waals surface area contributed by atoms with E-state index in [0.717, 1.165) is 13.0 Å². The van der Waals surface area contributed by atoms with Crippen molar-refractivity contribution in [1.29, 1.82) is 0 Å². The standard InChI is InChI=1S/C15H19FN4/c1-3-10-17-15-18-11-9-14(19-15)20(4-2)13-8-6-5-7-12(13)16/h5-9,11H,3-4,10H2,1-2H3,(H,17,18,19). The van der Waals surface area contributed by atoms with Crippen LogP contribution in [0.5, 0.6) is 0 Å². The van der Waals surface area contributed by atoms with Crippen LogP contribution in [-0.2, 0) is 0 Å². The van der Waals surface area contributed by atoms with Crippen LogP contribution in [0, 0.1) is 5.82 Å². The Morgan fingerprint density at radius 2 is 2.00 bits per heavy atom. The molecule has 2 aromatic rings. The molecule has 2 rings (SSSR count). The zero-order valence-electron chi connectivity index (χ0n) is 11.8. The first kappa shape index (κ1) is 14.2. The fourth-order valence-corrected chi connectivity index (χ4v) is 1.95. The molecule has 0 aliphatic rings. The van der Waals surface area contributed by atoms with E-state index in [1.807, 2.05) is 17.9 Å². The number of halogens is 1. The number of hydrogen-bond acceptors (Lipinski definition) is 4. The molecule has 0 fully saturated rings. The lowest BCUT2D eigenvalue weighted by molar-refractivity contribution is 0.625. The minimum atomic E-state index is -0.254. The molecule has 0 bridgehead atoms. The fraction of sp³-hybridized carbons (Fsp3) is 0.333. The van der Waals surface area contributed by atoms with Crippen LogP contribution in [0.25, 0.3) is 0 Å². The summed E-state index contributed by atoms with van der Waals surface area (Å²) in [6, 6.07) is 8.49. The third-order valence-corrected chi connectivity index (χ3v) is 2.91. The molecule has 0 saturated carbocycles. The van der Waals surface area contributed by atoms with Gasteiger partial charge in [-0.25, -0.2) is 9.37 Å². The van der Waals surface area contributed by atoms with E-state index in [1.165, 1.54) is 6.07 Å². The molecule has 0 radical (unpaired) electrons. The van der Waals surface area contributed by atoms with Crippen LogP contribution < -0.4 is 10.2 Å². The molecule has 20 heavy (non-hydrogen) atoms. The Bertz CT molecular complexity index is 559. The highest BCUT2D eigenvalue weighted by Crippen LogP contribution is 2.26. The van der Waals surface area contributed by atoms with Gasteiger partial charge in [-0.15, -0.1) is 0 Å². The van der Waals surface area contributed by atoms with E-state index in [-0.39, 0.29) is 5.82 Å². The molecule has 0 aliphatic carbocycles. The topological polar surface area (TPSA) is 41.1 Å². The zero-order valence-corrected chi connectivity index (χ0v) is 11.8. The summed E-state index contributed by atoms with van der Waals surface area (Å²) in [5.74, 6) is 1.00. The van der Waals surface area contributed by atoms with Gasteiger partial charge >= 0.3 is 0 Å². The van der Waals surface area contributed by atoms with Crippen LogP contribution in [0.2, 0.25) is 0 Å². The Balaban J connectivity index is 2.30. The van der Waals surface area contributed by atoms with Gasteiger partial charge in [0.1, 0.15) is 11.6 Å². The Morgan fingerprint density at radius 1 is 1.20 bits per heavy atom. The van der Waals surface area contributed by atoms with Gasteiger partial charge in [-0.3, -0.25) is 0 Å². The summed E-state index contributed by atoms with van der Waals surface area (Å²) >= 11 is 0. The molecule has 1 N–H and O–H groups in total. The number of aromatic nitrogens is 2. The van der Waals surface area contributed by atoms with E-state index in [2.05, 4.69) is 22.2 Å². The predicted octanol–water partition coefficient (Wildman–Crippen LogP) is 3.60. The molecule has 0 atom stereocenters. The lowest BCUT2D eigenvalue weighted by Crippen LogP contribution is -2.19. The van der Waals surface area contributed by atoms with Crippen molar-refractivity contribution in [1.82, 2.24) is 9.97 Å². The molecular weight excluding hydrogens is 255 g/mol. The summed E-state index contributed by atoms with van der Waals surface area (Å²) in [6.07, 6.45) is 2.68. The maximum atomic E-state index is 13.9. The molecule has 0 aliphatic heterocycles. The van der Waals surface area contributed by atoms with Gasteiger partial charge in [0.15, 0.2) is 0 Å². The molecule has 1 aromatic carbocycles. The highest BCUT2D eigenvalue weighted by Gasteiger charge is 2.13. The van der Waals surface area contributed by atoms with Crippen LogP contribution >= 0.6 is 0 Å². The SMILES string of the molecule is CCCNc1nccc(N(CC)c2ccccc2F)n1. The van der Waals surface area contributed by atoms with Gasteiger partial charge in [0.05, 0.1) is 5.69 Å². The van der Waals surface area contributed by atoms with Gasteiger partial charge in [-0.1, -0.05) is 19.1 Å². The lowest BCUT2D eigenvalue weighted by atomic mass is 10.2. The lowest BCUT2D eigenvalue weighted by Gasteiger charge is -2.22. The summed E-state index contributed by atoms with van der Waals surface area (Å²) in [7, 11) is 0. The average molecular weight is 274 g/mol. The quantitative estimate of drug-likeness (QED) is 0.874. The summed E-state index contributed by atoms with van der Waals surface area (Å²) in [6.45, 7) is 5.49. The number of nitrogens with zero attached hydrogens (tertiary/aromatic N) is 3. The van der Waals surface area contributed by atoms with E-state index >= 15 is 0 Å². The highest BCUT2D eigenvalue weighted by atomic mass is 19.1. The maximum absolute atomic E-state index is 13.9. The Labute approximate surface area is 118 Å². The first-order chi connectivity index (χ1) is 9.76. The molecule has 1 heterocycles. The van der Waals surface area contributed by atoms with Gasteiger partial charge in [0.25, 0.3) is 0 Å². The Kier molecular flexibility index (Phi) is 4.87. The van der Waals surface area contributed by atoms with E-state index in [4.69, 9.17) is 0 Å². The van der Waals surface area contributed by atoms with Crippen molar-refractivity contribution in [2.24, 2.45) is 0 Å². The van der Waals surface area contributed by atoms with Crippen LogP contribution in [0.15, 0.2) is 36.5 Å². The molecule has 1 aromatic heterocycles. The van der Waals surface area contributed by atoms with Crippen molar-refractivity contribution in [3.8, 4) is 0 Å². The smallest absolute Gasteiger partial charge is 0.224 e. The number of benzene rings is 1. The molecule has 0 unspecified atom stereocenters. The Morgan fingerprint density at radius 3 is 2.70 bits per heavy atom. The number of anilines is 3. The molecule has 0 amide bonds. The van der Waals surface area contributed by atoms with E-state index < -0.39 is 0 Å². The van der Waals surface area contributed by atoms with Gasteiger partial charge in [0.2, 0.25) is 5.95 Å². The monoisotopic (exact) mass is 274 g/mol. The predicted molar refractivity (Wildman–Crippen MR) is 79.9 cm³/mol. The maximum Gasteiger partial charge on any atom is 0.224 e. The number of nitrogens with one attached hydrogen (secondary N) is 1. The zero-order chi connectivity index (χ0) is 14.4. The largest absolute Gasteiger partial charge is 0.354 e. The van der Waals surface area contributed by atoms with Crippen LogP contribution in [-0.4, -0.2) is 23.1 Å². The summed E-state index contributed by atoms with van der Waals surface area (Å²) in [5.41, 5.74) is 0.523. The molecule has 0 saturated heterocycles. The Hall–Kier alpha value is -2.17. The second-order valence-electron chi connectivity index (χ2n) is 4.36. The summed E-state index contributed by atoms with van der Waals surface area (Å²) in [4.78, 5) is 10.4. The third-order valence-electron chi connectivity index (χ3n) is 2.91. The second-order valence-corrected chi connectivity index (χ2v) is 4.36. The van der Waals surface area contributed by atoms with Crippen LogP contribution in [0.1, 0.15) is 20.3 Å². The van der Waals surface area contributed by atoms with Crippen molar-refractivity contribution in [2.45, 2.75) is 20.3 Å². The summed E-state index contributed by atoms with van der Waals surface area (Å²) in [5, 5.41) is 3.14. The second kappa shape index (κ2) is 6.84. The van der Waals surface area contributed by atoms with Crippen molar-refractivity contribution >= 4 is 17.5 Å². The van der Waals surface area contributed by atoms with Crippen LogP contribution in [0.4, 0.5) is 21.8 Å². The van der Waals surface area contributed by atoms with Crippen molar-refractivity contribution in [3.05, 3.63) is 42.3 Å². The van der Waals surface area contributed by atoms with Gasteiger partial charge in [-0.2, -0.15) is 4.98 Å². The fourth-order valence-electron chi connectivity index (χ4n) is 1.95. The first-order valence-electron chi connectivity index (χ1n) is 6.85. The van der Waals surface area contributed by atoms with Gasteiger partial charge in [0, 0.05) is 19.3 Å². The molecule has 106 valence electrons. The number of hydrogen-bond donors (Lipinski definition) is 1. The molecule has 4 nitrogen and oxygen atoms in total. The van der Waals surface area contributed by atoms with Crippen LogP contribution in [0.3, 0.4) is 0 Å². The first-order valence-corrected chi connectivity index (χ1v) is 6.85. The number of rotatable bonds is 6. The third kappa shape index (κ3) is 3.23. The van der Waals surface area contributed by atoms with E-state index in [9.17, 15) is 4.39 Å². The highest BCUT2D eigenvalue weighted by molar-refractivity contribution is 5.61. The van der Waals surface area contributed by atoms with Gasteiger partial charge < -0.3 is 10.2 Å².